The lowest BCUT2D eigenvalue weighted by Gasteiger charge is -2.08. The number of rotatable bonds is 2. The highest BCUT2D eigenvalue weighted by atomic mass is 32.1. The van der Waals surface area contributed by atoms with Gasteiger partial charge in [-0.1, -0.05) is 24.4 Å². The van der Waals surface area contributed by atoms with E-state index in [1.807, 2.05) is 24.3 Å². The van der Waals surface area contributed by atoms with Gasteiger partial charge < -0.3 is 16.2 Å². The molecular weight excluding hydrogens is 204 g/mol. The molecule has 1 aromatic rings. The number of thiol groups is 1. The van der Waals surface area contributed by atoms with Crippen LogP contribution >= 0.6 is 24.8 Å². The van der Waals surface area contributed by atoms with Gasteiger partial charge in [0.2, 0.25) is 0 Å². The SMILES string of the molecule is COc1ccccc1NC(=S)S.N. The lowest BCUT2D eigenvalue weighted by atomic mass is 10.3. The van der Waals surface area contributed by atoms with Crippen LogP contribution in [0.5, 0.6) is 5.75 Å². The van der Waals surface area contributed by atoms with E-state index in [-0.39, 0.29) is 6.15 Å². The molecule has 0 spiro atoms. The summed E-state index contributed by atoms with van der Waals surface area (Å²) in [4.78, 5) is 0. The number of thiocarbonyl (C=S) groups is 1. The number of methoxy groups -OCH3 is 1. The third-order valence-electron chi connectivity index (χ3n) is 1.35. The van der Waals surface area contributed by atoms with Crippen LogP contribution in [0.25, 0.3) is 0 Å². The van der Waals surface area contributed by atoms with E-state index in [2.05, 4.69) is 17.9 Å². The number of hydrogen-bond acceptors (Lipinski definition) is 3. The number of para-hydroxylation sites is 2. The second-order valence-electron chi connectivity index (χ2n) is 2.13. The number of hydrogen-bond donors (Lipinski definition) is 3. The van der Waals surface area contributed by atoms with E-state index >= 15 is 0 Å². The lowest BCUT2D eigenvalue weighted by molar-refractivity contribution is 0.417. The first-order chi connectivity index (χ1) is 5.74. The summed E-state index contributed by atoms with van der Waals surface area (Å²) >= 11 is 8.74. The third-order valence-corrected chi connectivity index (χ3v) is 1.56. The van der Waals surface area contributed by atoms with Crippen LogP contribution in [0.2, 0.25) is 0 Å². The molecule has 13 heavy (non-hydrogen) atoms. The van der Waals surface area contributed by atoms with Crippen LogP contribution in [0.15, 0.2) is 24.3 Å². The summed E-state index contributed by atoms with van der Waals surface area (Å²) in [7, 11) is 1.61. The zero-order valence-electron chi connectivity index (χ0n) is 7.28. The largest absolute Gasteiger partial charge is 0.495 e. The smallest absolute Gasteiger partial charge is 0.142 e. The Morgan fingerprint density at radius 2 is 2.08 bits per heavy atom. The van der Waals surface area contributed by atoms with Gasteiger partial charge in [0.15, 0.2) is 0 Å². The Balaban J connectivity index is 0.00000144. The second-order valence-corrected chi connectivity index (χ2v) is 3.29. The van der Waals surface area contributed by atoms with E-state index in [9.17, 15) is 0 Å². The summed E-state index contributed by atoms with van der Waals surface area (Å²) in [5.41, 5.74) is 0.833. The lowest BCUT2D eigenvalue weighted by Crippen LogP contribution is -2.02. The minimum absolute atomic E-state index is 0. The summed E-state index contributed by atoms with van der Waals surface area (Å²) in [6.07, 6.45) is 0. The molecule has 3 nitrogen and oxygen atoms in total. The molecule has 0 bridgehead atoms. The van der Waals surface area contributed by atoms with E-state index in [0.29, 0.717) is 4.32 Å². The van der Waals surface area contributed by atoms with Crippen LogP contribution in [-0.4, -0.2) is 11.4 Å². The highest BCUT2D eigenvalue weighted by molar-refractivity contribution is 8.11. The van der Waals surface area contributed by atoms with E-state index < -0.39 is 0 Å². The van der Waals surface area contributed by atoms with E-state index in [1.54, 1.807) is 7.11 Å². The van der Waals surface area contributed by atoms with Gasteiger partial charge in [-0.3, -0.25) is 0 Å². The van der Waals surface area contributed by atoms with Crippen LogP contribution in [-0.2, 0) is 0 Å². The van der Waals surface area contributed by atoms with Crippen molar-refractivity contribution in [1.82, 2.24) is 6.15 Å². The van der Waals surface area contributed by atoms with Crippen molar-refractivity contribution in [3.8, 4) is 5.75 Å². The highest BCUT2D eigenvalue weighted by Gasteiger charge is 1.99. The molecule has 0 unspecified atom stereocenters. The maximum Gasteiger partial charge on any atom is 0.142 e. The summed E-state index contributed by atoms with van der Waals surface area (Å²) in [6.45, 7) is 0. The zero-order chi connectivity index (χ0) is 8.97. The van der Waals surface area contributed by atoms with Crippen molar-refractivity contribution in [2.24, 2.45) is 0 Å². The number of nitrogens with one attached hydrogen (secondary N) is 1. The first-order valence-corrected chi connectivity index (χ1v) is 4.22. The van der Waals surface area contributed by atoms with Gasteiger partial charge in [-0.25, -0.2) is 0 Å². The van der Waals surface area contributed by atoms with Crippen molar-refractivity contribution in [3.63, 3.8) is 0 Å². The number of anilines is 1. The van der Waals surface area contributed by atoms with Gasteiger partial charge in [0, 0.05) is 0 Å². The normalized spacial score (nSPS) is 8.46. The Labute approximate surface area is 88.5 Å². The van der Waals surface area contributed by atoms with Crippen LogP contribution in [0.4, 0.5) is 5.69 Å². The zero-order valence-corrected chi connectivity index (χ0v) is 8.99. The van der Waals surface area contributed by atoms with Crippen LogP contribution in [0.3, 0.4) is 0 Å². The molecule has 1 rings (SSSR count). The fraction of sp³-hybridized carbons (Fsp3) is 0.125. The molecule has 0 amide bonds. The number of benzene rings is 1. The molecule has 0 aliphatic heterocycles. The minimum Gasteiger partial charge on any atom is -0.495 e. The first-order valence-electron chi connectivity index (χ1n) is 3.37. The highest BCUT2D eigenvalue weighted by Crippen LogP contribution is 2.23. The molecule has 0 atom stereocenters. The molecule has 0 fully saturated rings. The average molecular weight is 216 g/mol. The fourth-order valence-electron chi connectivity index (χ4n) is 0.863. The molecule has 0 saturated carbocycles. The Kier molecular flexibility index (Phi) is 5.45. The summed E-state index contributed by atoms with van der Waals surface area (Å²) < 4.78 is 5.52. The van der Waals surface area contributed by atoms with Gasteiger partial charge in [0.05, 0.1) is 12.8 Å². The average Bonchev–Trinajstić information content (AvgIpc) is 2.04. The first kappa shape index (κ1) is 12.2. The van der Waals surface area contributed by atoms with Gasteiger partial charge in [0.1, 0.15) is 10.1 Å². The maximum absolute atomic E-state index is 5.09. The molecule has 72 valence electrons. The van der Waals surface area contributed by atoms with E-state index in [1.165, 1.54) is 0 Å². The predicted molar refractivity (Wildman–Crippen MR) is 63.2 cm³/mol. The molecule has 4 N–H and O–H groups in total. The third kappa shape index (κ3) is 3.63. The molecule has 5 heteroatoms. The molecule has 0 saturated heterocycles. The molecule has 0 aliphatic carbocycles. The van der Waals surface area contributed by atoms with Gasteiger partial charge in [-0.2, -0.15) is 0 Å². The topological polar surface area (TPSA) is 56.3 Å². The van der Waals surface area contributed by atoms with Crippen molar-refractivity contribution >= 4 is 34.9 Å². The Morgan fingerprint density at radius 1 is 1.46 bits per heavy atom. The van der Waals surface area contributed by atoms with Crippen molar-refractivity contribution in [1.29, 1.82) is 0 Å². The predicted octanol–water partition coefficient (Wildman–Crippen LogP) is 2.48. The van der Waals surface area contributed by atoms with Crippen molar-refractivity contribution < 1.29 is 4.74 Å². The van der Waals surface area contributed by atoms with Crippen molar-refractivity contribution in [3.05, 3.63) is 24.3 Å². The van der Waals surface area contributed by atoms with Gasteiger partial charge in [-0.05, 0) is 12.1 Å². The van der Waals surface area contributed by atoms with E-state index in [0.717, 1.165) is 11.4 Å². The van der Waals surface area contributed by atoms with Gasteiger partial charge >= 0.3 is 0 Å². The standard InChI is InChI=1S/C8H9NOS2.H3N/c1-10-7-5-3-2-4-6(7)9-8(11)12;/h2-5H,1H3,(H2,9,11,12);1H3. The molecule has 0 heterocycles. The molecule has 0 radical (unpaired) electrons. The Morgan fingerprint density at radius 3 is 2.62 bits per heavy atom. The fourth-order valence-corrected chi connectivity index (χ4v) is 1.09. The molecular formula is C8H12N2OS2. The maximum atomic E-state index is 5.09. The summed E-state index contributed by atoms with van der Waals surface area (Å²) in [6, 6.07) is 7.53. The Bertz CT molecular complexity index is 291. The number of ether oxygens (including phenoxy) is 1. The second kappa shape index (κ2) is 5.80. The molecule has 0 aromatic heterocycles. The van der Waals surface area contributed by atoms with Gasteiger partial charge in [-0.15, -0.1) is 12.6 Å². The van der Waals surface area contributed by atoms with Gasteiger partial charge in [0.25, 0.3) is 0 Å². The van der Waals surface area contributed by atoms with Crippen LogP contribution < -0.4 is 16.2 Å². The van der Waals surface area contributed by atoms with Crippen molar-refractivity contribution in [2.45, 2.75) is 0 Å². The monoisotopic (exact) mass is 216 g/mol. The van der Waals surface area contributed by atoms with Crippen LogP contribution in [0, 0.1) is 0 Å². The minimum atomic E-state index is 0. The Hall–Kier alpha value is -0.780. The quantitative estimate of drug-likeness (QED) is 0.525. The van der Waals surface area contributed by atoms with Crippen LogP contribution in [0.1, 0.15) is 0 Å². The van der Waals surface area contributed by atoms with Crippen molar-refractivity contribution in [2.75, 3.05) is 12.4 Å². The molecule has 0 aliphatic rings. The molecule has 1 aromatic carbocycles. The van der Waals surface area contributed by atoms with E-state index in [4.69, 9.17) is 17.0 Å². The summed E-state index contributed by atoms with van der Waals surface area (Å²) in [5, 5.41) is 2.89. The summed E-state index contributed by atoms with van der Waals surface area (Å²) in [5.74, 6) is 0.758.